The van der Waals surface area contributed by atoms with Gasteiger partial charge in [0.2, 0.25) is 10.0 Å². The standard InChI is InChI=1S/C21H23N5O4S/c1-25-15-18(14-24-25)20-17(3-2-8-22-20)13-23-21(27)16-4-6-19(7-5-16)31(28,29)26-9-11-30-12-10-26/h2-8,14-15H,9-13H2,1H3,(H,23,27). The first kappa shape index (κ1) is 21.2. The van der Waals surface area contributed by atoms with E-state index in [2.05, 4.69) is 15.4 Å². The molecule has 2 aromatic heterocycles. The van der Waals surface area contributed by atoms with Gasteiger partial charge in [-0.3, -0.25) is 14.5 Å². The summed E-state index contributed by atoms with van der Waals surface area (Å²) in [6.07, 6.45) is 5.28. The highest BCUT2D eigenvalue weighted by Crippen LogP contribution is 2.21. The van der Waals surface area contributed by atoms with E-state index in [0.29, 0.717) is 31.9 Å². The summed E-state index contributed by atoms with van der Waals surface area (Å²) in [5, 5.41) is 7.04. The molecule has 0 spiro atoms. The van der Waals surface area contributed by atoms with Gasteiger partial charge in [0.1, 0.15) is 0 Å². The summed E-state index contributed by atoms with van der Waals surface area (Å²) in [7, 11) is -1.76. The smallest absolute Gasteiger partial charge is 0.251 e. The average Bonchev–Trinajstić information content (AvgIpc) is 3.24. The number of aromatic nitrogens is 3. The number of pyridine rings is 1. The first-order chi connectivity index (χ1) is 14.9. The number of nitrogens with one attached hydrogen (secondary N) is 1. The lowest BCUT2D eigenvalue weighted by atomic mass is 10.1. The van der Waals surface area contributed by atoms with Crippen molar-refractivity contribution in [2.75, 3.05) is 26.3 Å². The van der Waals surface area contributed by atoms with E-state index in [0.717, 1.165) is 16.8 Å². The zero-order valence-electron chi connectivity index (χ0n) is 17.1. The Hall–Kier alpha value is -3.08. The minimum atomic E-state index is -3.59. The zero-order valence-corrected chi connectivity index (χ0v) is 17.9. The van der Waals surface area contributed by atoms with Crippen molar-refractivity contribution in [3.05, 3.63) is 66.1 Å². The van der Waals surface area contributed by atoms with E-state index < -0.39 is 10.0 Å². The van der Waals surface area contributed by atoms with E-state index in [-0.39, 0.29) is 17.3 Å². The summed E-state index contributed by atoms with van der Waals surface area (Å²) in [6, 6.07) is 9.68. The minimum Gasteiger partial charge on any atom is -0.379 e. The van der Waals surface area contributed by atoms with Gasteiger partial charge in [-0.25, -0.2) is 8.42 Å². The summed E-state index contributed by atoms with van der Waals surface area (Å²) < 4.78 is 33.7. The Morgan fingerprint density at radius 1 is 1.16 bits per heavy atom. The number of ether oxygens (including phenoxy) is 1. The highest BCUT2D eigenvalue weighted by Gasteiger charge is 2.26. The van der Waals surface area contributed by atoms with E-state index in [4.69, 9.17) is 4.74 Å². The minimum absolute atomic E-state index is 0.164. The molecule has 1 saturated heterocycles. The molecule has 9 nitrogen and oxygen atoms in total. The molecule has 0 bridgehead atoms. The highest BCUT2D eigenvalue weighted by atomic mass is 32.2. The molecule has 1 aromatic carbocycles. The number of sulfonamides is 1. The quantitative estimate of drug-likeness (QED) is 0.620. The molecule has 31 heavy (non-hydrogen) atoms. The Labute approximate surface area is 180 Å². The maximum absolute atomic E-state index is 12.7. The number of rotatable bonds is 6. The molecule has 3 aromatic rings. The predicted octanol–water partition coefficient (Wildman–Crippen LogP) is 1.43. The van der Waals surface area contributed by atoms with Crippen LogP contribution in [0.15, 0.2) is 59.9 Å². The number of amides is 1. The predicted molar refractivity (Wildman–Crippen MR) is 114 cm³/mol. The molecule has 4 rings (SSSR count). The van der Waals surface area contributed by atoms with Gasteiger partial charge in [0, 0.05) is 50.2 Å². The number of benzene rings is 1. The van der Waals surface area contributed by atoms with E-state index >= 15 is 0 Å². The van der Waals surface area contributed by atoms with Crippen LogP contribution in [0.3, 0.4) is 0 Å². The molecular formula is C21H23N5O4S. The highest BCUT2D eigenvalue weighted by molar-refractivity contribution is 7.89. The maximum atomic E-state index is 12.7. The van der Waals surface area contributed by atoms with Crippen molar-refractivity contribution < 1.29 is 17.9 Å². The van der Waals surface area contributed by atoms with Crippen LogP contribution < -0.4 is 5.32 Å². The molecule has 10 heteroatoms. The van der Waals surface area contributed by atoms with Crippen molar-refractivity contribution in [3.8, 4) is 11.3 Å². The molecule has 0 radical (unpaired) electrons. The van der Waals surface area contributed by atoms with E-state index in [1.54, 1.807) is 17.1 Å². The summed E-state index contributed by atoms with van der Waals surface area (Å²) in [4.78, 5) is 17.2. The summed E-state index contributed by atoms with van der Waals surface area (Å²) in [6.45, 7) is 1.71. The van der Waals surface area contributed by atoms with Gasteiger partial charge in [-0.15, -0.1) is 0 Å². The molecular weight excluding hydrogens is 418 g/mol. The van der Waals surface area contributed by atoms with Crippen LogP contribution in [0.4, 0.5) is 0 Å². The lowest BCUT2D eigenvalue weighted by Crippen LogP contribution is -2.40. The third kappa shape index (κ3) is 4.66. The number of nitrogens with zero attached hydrogens (tertiary/aromatic N) is 4. The second-order valence-electron chi connectivity index (χ2n) is 7.14. The van der Waals surface area contributed by atoms with Crippen LogP contribution in [0, 0.1) is 0 Å². The molecule has 1 amide bonds. The zero-order chi connectivity index (χ0) is 21.8. The molecule has 1 aliphatic heterocycles. The number of morpholine rings is 1. The molecule has 1 fully saturated rings. The topological polar surface area (TPSA) is 106 Å². The lowest BCUT2D eigenvalue weighted by molar-refractivity contribution is 0.0730. The van der Waals surface area contributed by atoms with Crippen LogP contribution in [0.2, 0.25) is 0 Å². The van der Waals surface area contributed by atoms with Crippen molar-refractivity contribution in [2.45, 2.75) is 11.4 Å². The lowest BCUT2D eigenvalue weighted by Gasteiger charge is -2.26. The fourth-order valence-corrected chi connectivity index (χ4v) is 4.78. The first-order valence-electron chi connectivity index (χ1n) is 9.84. The number of aryl methyl sites for hydroxylation is 1. The number of hydrogen-bond acceptors (Lipinski definition) is 6. The fourth-order valence-electron chi connectivity index (χ4n) is 3.38. The van der Waals surface area contributed by atoms with Gasteiger partial charge in [0.15, 0.2) is 0 Å². The fraction of sp³-hybridized carbons (Fsp3) is 0.286. The van der Waals surface area contributed by atoms with Crippen LogP contribution >= 0.6 is 0 Å². The summed E-state index contributed by atoms with van der Waals surface area (Å²) in [5.41, 5.74) is 2.86. The summed E-state index contributed by atoms with van der Waals surface area (Å²) in [5.74, 6) is -0.295. The van der Waals surface area contributed by atoms with Crippen LogP contribution in [0.5, 0.6) is 0 Å². The second kappa shape index (κ2) is 8.96. The molecule has 0 atom stereocenters. The molecule has 1 N–H and O–H groups in total. The van der Waals surface area contributed by atoms with Crippen LogP contribution in [0.25, 0.3) is 11.3 Å². The van der Waals surface area contributed by atoms with E-state index in [9.17, 15) is 13.2 Å². The SMILES string of the molecule is Cn1cc(-c2ncccc2CNC(=O)c2ccc(S(=O)(=O)N3CCOCC3)cc2)cn1. The van der Waals surface area contributed by atoms with Crippen molar-refractivity contribution in [2.24, 2.45) is 7.05 Å². The van der Waals surface area contributed by atoms with Crippen molar-refractivity contribution in [1.29, 1.82) is 0 Å². The van der Waals surface area contributed by atoms with Gasteiger partial charge in [0.05, 0.1) is 30.0 Å². The maximum Gasteiger partial charge on any atom is 0.251 e. The van der Waals surface area contributed by atoms with Crippen molar-refractivity contribution in [3.63, 3.8) is 0 Å². The Morgan fingerprint density at radius 3 is 2.58 bits per heavy atom. The molecule has 0 saturated carbocycles. The van der Waals surface area contributed by atoms with Gasteiger partial charge >= 0.3 is 0 Å². The molecule has 162 valence electrons. The van der Waals surface area contributed by atoms with Gasteiger partial charge in [-0.2, -0.15) is 9.40 Å². The largest absolute Gasteiger partial charge is 0.379 e. The Balaban J connectivity index is 1.44. The number of carbonyl (C=O) groups excluding carboxylic acids is 1. The van der Waals surface area contributed by atoms with Crippen molar-refractivity contribution in [1.82, 2.24) is 24.4 Å². The van der Waals surface area contributed by atoms with Crippen LogP contribution in [0.1, 0.15) is 15.9 Å². The van der Waals surface area contributed by atoms with Gasteiger partial charge in [-0.1, -0.05) is 6.07 Å². The first-order valence-corrected chi connectivity index (χ1v) is 11.3. The van der Waals surface area contributed by atoms with E-state index in [1.807, 2.05) is 25.4 Å². The number of hydrogen-bond donors (Lipinski definition) is 1. The third-order valence-electron chi connectivity index (χ3n) is 5.03. The van der Waals surface area contributed by atoms with Crippen LogP contribution in [-0.4, -0.2) is 59.7 Å². The van der Waals surface area contributed by atoms with Crippen molar-refractivity contribution >= 4 is 15.9 Å². The third-order valence-corrected chi connectivity index (χ3v) is 6.95. The molecule has 3 heterocycles. The monoisotopic (exact) mass is 441 g/mol. The van der Waals surface area contributed by atoms with Gasteiger partial charge in [-0.05, 0) is 35.9 Å². The molecule has 0 unspecified atom stereocenters. The second-order valence-corrected chi connectivity index (χ2v) is 9.08. The average molecular weight is 442 g/mol. The van der Waals surface area contributed by atoms with Crippen LogP contribution in [-0.2, 0) is 28.4 Å². The molecule has 0 aliphatic carbocycles. The Bertz CT molecular complexity index is 1170. The van der Waals surface area contributed by atoms with Gasteiger partial charge in [0.25, 0.3) is 5.91 Å². The Kier molecular flexibility index (Phi) is 6.12. The number of carbonyl (C=O) groups is 1. The molecule has 1 aliphatic rings. The van der Waals surface area contributed by atoms with Gasteiger partial charge < -0.3 is 10.1 Å². The normalized spacial score (nSPS) is 15.0. The summed E-state index contributed by atoms with van der Waals surface area (Å²) >= 11 is 0. The Morgan fingerprint density at radius 2 is 1.90 bits per heavy atom. The van der Waals surface area contributed by atoms with E-state index in [1.165, 1.54) is 28.6 Å².